The van der Waals surface area contributed by atoms with E-state index >= 15 is 0 Å². The molecule has 1 aromatic heterocycles. The number of anilines is 1. The molecule has 22 heavy (non-hydrogen) atoms. The van der Waals surface area contributed by atoms with Crippen molar-refractivity contribution in [3.05, 3.63) is 72.1 Å². The standard InChI is InChI=1S/C17H13N3O2/c18-16(21)15-8-6-13(10-19-15)17(22)20-14-7-5-11-3-1-2-4-12(11)9-14/h1-10H,(H2,18,21)(H,20,22). The Labute approximate surface area is 126 Å². The molecule has 0 atom stereocenters. The van der Waals surface area contributed by atoms with Crippen molar-refractivity contribution >= 4 is 28.3 Å². The number of hydrogen-bond acceptors (Lipinski definition) is 3. The summed E-state index contributed by atoms with van der Waals surface area (Å²) in [7, 11) is 0. The molecule has 3 N–H and O–H groups in total. The second kappa shape index (κ2) is 5.65. The monoisotopic (exact) mass is 291 g/mol. The van der Waals surface area contributed by atoms with Crippen molar-refractivity contribution in [2.45, 2.75) is 0 Å². The summed E-state index contributed by atoms with van der Waals surface area (Å²) in [6.07, 6.45) is 1.33. The quantitative estimate of drug-likeness (QED) is 0.777. The smallest absolute Gasteiger partial charge is 0.267 e. The van der Waals surface area contributed by atoms with E-state index in [0.29, 0.717) is 11.3 Å². The summed E-state index contributed by atoms with van der Waals surface area (Å²) >= 11 is 0. The Morgan fingerprint density at radius 2 is 1.73 bits per heavy atom. The summed E-state index contributed by atoms with van der Waals surface area (Å²) in [4.78, 5) is 27.0. The van der Waals surface area contributed by atoms with Gasteiger partial charge in [0, 0.05) is 11.9 Å². The average molecular weight is 291 g/mol. The molecule has 0 aliphatic heterocycles. The largest absolute Gasteiger partial charge is 0.364 e. The zero-order chi connectivity index (χ0) is 15.5. The Bertz CT molecular complexity index is 857. The van der Waals surface area contributed by atoms with Crippen molar-refractivity contribution in [3.63, 3.8) is 0 Å². The molecule has 0 spiro atoms. The van der Waals surface area contributed by atoms with E-state index in [1.807, 2.05) is 42.5 Å². The zero-order valence-electron chi connectivity index (χ0n) is 11.6. The number of nitrogens with two attached hydrogens (primary N) is 1. The summed E-state index contributed by atoms with van der Waals surface area (Å²) < 4.78 is 0. The summed E-state index contributed by atoms with van der Waals surface area (Å²) in [5.41, 5.74) is 6.30. The fraction of sp³-hybridized carbons (Fsp3) is 0. The number of aromatic nitrogens is 1. The molecule has 3 aromatic rings. The molecule has 1 heterocycles. The molecule has 0 unspecified atom stereocenters. The van der Waals surface area contributed by atoms with Gasteiger partial charge in [-0.2, -0.15) is 0 Å². The van der Waals surface area contributed by atoms with Crippen LogP contribution in [-0.4, -0.2) is 16.8 Å². The number of amides is 2. The second-order valence-corrected chi connectivity index (χ2v) is 4.81. The van der Waals surface area contributed by atoms with Crippen molar-refractivity contribution in [2.75, 3.05) is 5.32 Å². The first-order chi connectivity index (χ1) is 10.6. The third-order valence-corrected chi connectivity index (χ3v) is 3.29. The predicted octanol–water partition coefficient (Wildman–Crippen LogP) is 2.59. The van der Waals surface area contributed by atoms with Gasteiger partial charge in [-0.05, 0) is 35.0 Å². The van der Waals surface area contributed by atoms with Crippen LogP contribution >= 0.6 is 0 Å². The van der Waals surface area contributed by atoms with Crippen LogP contribution in [0.5, 0.6) is 0 Å². The normalized spacial score (nSPS) is 10.4. The number of carbonyl (C=O) groups excluding carboxylic acids is 2. The van der Waals surface area contributed by atoms with Crippen molar-refractivity contribution < 1.29 is 9.59 Å². The second-order valence-electron chi connectivity index (χ2n) is 4.81. The van der Waals surface area contributed by atoms with Gasteiger partial charge in [-0.3, -0.25) is 14.6 Å². The van der Waals surface area contributed by atoms with E-state index in [9.17, 15) is 9.59 Å². The van der Waals surface area contributed by atoms with Gasteiger partial charge in [0.15, 0.2) is 0 Å². The lowest BCUT2D eigenvalue weighted by molar-refractivity contribution is 0.0990. The van der Waals surface area contributed by atoms with Crippen LogP contribution < -0.4 is 11.1 Å². The number of nitrogens with zero attached hydrogens (tertiary/aromatic N) is 1. The van der Waals surface area contributed by atoms with Crippen molar-refractivity contribution in [1.29, 1.82) is 0 Å². The number of pyridine rings is 1. The third kappa shape index (κ3) is 2.78. The number of carbonyl (C=O) groups is 2. The molecule has 0 aliphatic carbocycles. The molecule has 5 heteroatoms. The first kappa shape index (κ1) is 13.8. The molecule has 0 radical (unpaired) electrons. The van der Waals surface area contributed by atoms with Gasteiger partial charge in [-0.1, -0.05) is 30.3 Å². The Balaban J connectivity index is 1.81. The summed E-state index contributed by atoms with van der Waals surface area (Å²) in [5.74, 6) is -0.916. The van der Waals surface area contributed by atoms with Crippen molar-refractivity contribution in [1.82, 2.24) is 4.98 Å². The van der Waals surface area contributed by atoms with Gasteiger partial charge in [-0.25, -0.2) is 0 Å². The topological polar surface area (TPSA) is 85.1 Å². The van der Waals surface area contributed by atoms with Crippen LogP contribution in [0, 0.1) is 0 Å². The molecule has 108 valence electrons. The Morgan fingerprint density at radius 3 is 2.41 bits per heavy atom. The number of primary amides is 1. The fourth-order valence-electron chi connectivity index (χ4n) is 2.14. The molecule has 3 rings (SSSR count). The van der Waals surface area contributed by atoms with E-state index in [1.165, 1.54) is 18.3 Å². The van der Waals surface area contributed by atoms with Gasteiger partial charge in [0.25, 0.3) is 11.8 Å². The van der Waals surface area contributed by atoms with Crippen molar-refractivity contribution in [3.8, 4) is 0 Å². The highest BCUT2D eigenvalue weighted by atomic mass is 16.2. The van der Waals surface area contributed by atoms with Gasteiger partial charge < -0.3 is 11.1 Å². The van der Waals surface area contributed by atoms with E-state index < -0.39 is 5.91 Å². The third-order valence-electron chi connectivity index (χ3n) is 3.29. The van der Waals surface area contributed by atoms with Crippen LogP contribution in [0.4, 0.5) is 5.69 Å². The van der Waals surface area contributed by atoms with Gasteiger partial charge >= 0.3 is 0 Å². The molecule has 2 aromatic carbocycles. The number of rotatable bonds is 3. The van der Waals surface area contributed by atoms with Gasteiger partial charge in [0.05, 0.1) is 5.56 Å². The Morgan fingerprint density at radius 1 is 0.955 bits per heavy atom. The maximum absolute atomic E-state index is 12.2. The number of fused-ring (bicyclic) bond motifs is 1. The molecule has 0 bridgehead atoms. The number of benzene rings is 2. The van der Waals surface area contributed by atoms with Crippen molar-refractivity contribution in [2.24, 2.45) is 5.73 Å². The molecule has 5 nitrogen and oxygen atoms in total. The minimum atomic E-state index is -0.624. The highest BCUT2D eigenvalue weighted by molar-refractivity contribution is 6.05. The van der Waals surface area contributed by atoms with Crippen LogP contribution in [0.3, 0.4) is 0 Å². The Hall–Kier alpha value is -3.21. The highest BCUT2D eigenvalue weighted by Gasteiger charge is 2.08. The molecule has 0 aliphatic rings. The van der Waals surface area contributed by atoms with E-state index in [1.54, 1.807) is 0 Å². The molecule has 0 saturated carbocycles. The lowest BCUT2D eigenvalue weighted by atomic mass is 10.1. The fourth-order valence-corrected chi connectivity index (χ4v) is 2.14. The minimum absolute atomic E-state index is 0.127. The van der Waals surface area contributed by atoms with Crippen LogP contribution in [0.15, 0.2) is 60.8 Å². The van der Waals surface area contributed by atoms with E-state index in [-0.39, 0.29) is 11.6 Å². The lowest BCUT2D eigenvalue weighted by Crippen LogP contribution is -2.15. The SMILES string of the molecule is NC(=O)c1ccc(C(=O)Nc2ccc3ccccc3c2)cn1. The minimum Gasteiger partial charge on any atom is -0.364 e. The molecule has 0 saturated heterocycles. The van der Waals surface area contributed by atoms with E-state index in [0.717, 1.165) is 10.8 Å². The van der Waals surface area contributed by atoms with Crippen LogP contribution in [0.1, 0.15) is 20.8 Å². The maximum Gasteiger partial charge on any atom is 0.267 e. The molecule has 0 fully saturated rings. The summed E-state index contributed by atoms with van der Waals surface area (Å²) in [5, 5.41) is 4.95. The first-order valence-corrected chi connectivity index (χ1v) is 6.69. The molecular weight excluding hydrogens is 278 g/mol. The predicted molar refractivity (Wildman–Crippen MR) is 84.7 cm³/mol. The first-order valence-electron chi connectivity index (χ1n) is 6.69. The molecule has 2 amide bonds. The van der Waals surface area contributed by atoms with Crippen LogP contribution in [0.25, 0.3) is 10.8 Å². The van der Waals surface area contributed by atoms with Crippen LogP contribution in [-0.2, 0) is 0 Å². The van der Waals surface area contributed by atoms with Gasteiger partial charge in [-0.15, -0.1) is 0 Å². The maximum atomic E-state index is 12.2. The zero-order valence-corrected chi connectivity index (χ0v) is 11.6. The Kier molecular flexibility index (Phi) is 3.53. The van der Waals surface area contributed by atoms with Gasteiger partial charge in [0.1, 0.15) is 5.69 Å². The summed E-state index contributed by atoms with van der Waals surface area (Å²) in [6.45, 7) is 0. The number of hydrogen-bond donors (Lipinski definition) is 2. The van der Waals surface area contributed by atoms with Gasteiger partial charge in [0.2, 0.25) is 0 Å². The van der Waals surface area contributed by atoms with Crippen LogP contribution in [0.2, 0.25) is 0 Å². The van der Waals surface area contributed by atoms with E-state index in [4.69, 9.17) is 5.73 Å². The molecular formula is C17H13N3O2. The lowest BCUT2D eigenvalue weighted by Gasteiger charge is -2.06. The average Bonchev–Trinajstić information content (AvgIpc) is 2.55. The highest BCUT2D eigenvalue weighted by Crippen LogP contribution is 2.19. The number of nitrogens with one attached hydrogen (secondary N) is 1. The van der Waals surface area contributed by atoms with E-state index in [2.05, 4.69) is 10.3 Å². The summed E-state index contributed by atoms with van der Waals surface area (Å²) in [6, 6.07) is 16.5.